The number of amides is 1. The van der Waals surface area contributed by atoms with Gasteiger partial charge >= 0.3 is 6.09 Å². The number of rotatable bonds is 10. The van der Waals surface area contributed by atoms with Gasteiger partial charge in [-0.2, -0.15) is 0 Å². The Morgan fingerprint density at radius 3 is 2.73 bits per heavy atom. The number of unbranched alkanes of at least 4 members (excludes halogenated alkanes) is 1. The van der Waals surface area contributed by atoms with Crippen molar-refractivity contribution in [2.45, 2.75) is 46.0 Å². The maximum Gasteiger partial charge on any atom is 0.409 e. The Morgan fingerprint density at radius 2 is 2.14 bits per heavy atom. The van der Waals surface area contributed by atoms with Gasteiger partial charge in [0, 0.05) is 20.0 Å². The fraction of sp³-hybridized carbons (Fsp3) is 0.647. The van der Waals surface area contributed by atoms with E-state index in [1.807, 2.05) is 17.5 Å². The van der Waals surface area contributed by atoms with Crippen LogP contribution in [0.1, 0.15) is 55.6 Å². The predicted octanol–water partition coefficient (Wildman–Crippen LogP) is 4.61. The Morgan fingerprint density at radius 1 is 1.36 bits per heavy atom. The summed E-state index contributed by atoms with van der Waals surface area (Å²) in [6, 6.07) is 3.67. The summed E-state index contributed by atoms with van der Waals surface area (Å²) in [5.41, 5.74) is 0. The van der Waals surface area contributed by atoms with Gasteiger partial charge in [-0.15, -0.1) is 11.3 Å². The molecule has 0 radical (unpaired) electrons. The van der Waals surface area contributed by atoms with Crippen LogP contribution in [0.2, 0.25) is 0 Å². The van der Waals surface area contributed by atoms with Crippen LogP contribution in [0.5, 0.6) is 0 Å². The van der Waals surface area contributed by atoms with Crippen molar-refractivity contribution in [1.82, 2.24) is 4.90 Å². The maximum atomic E-state index is 11.9. The minimum absolute atomic E-state index is 0.0732. The average molecular weight is 325 g/mol. The molecule has 1 unspecified atom stereocenters. The number of hydrogen-bond donors (Lipinski definition) is 0. The molecule has 0 N–H and O–H groups in total. The fourth-order valence-electron chi connectivity index (χ4n) is 2.12. The van der Waals surface area contributed by atoms with Gasteiger partial charge in [0.15, 0.2) is 5.78 Å². The number of Topliss-reactive ketones (excluding diaryl/α,β-unsaturated/α-hetero) is 1. The number of carbonyl (C=O) groups excluding carboxylic acids is 2. The largest absolute Gasteiger partial charge is 0.449 e. The molecule has 0 saturated carbocycles. The van der Waals surface area contributed by atoms with Crippen LogP contribution >= 0.6 is 11.3 Å². The molecule has 4 nitrogen and oxygen atoms in total. The van der Waals surface area contributed by atoms with Crippen LogP contribution in [-0.4, -0.2) is 37.0 Å². The maximum absolute atomic E-state index is 11.9. The summed E-state index contributed by atoms with van der Waals surface area (Å²) < 4.78 is 5.36. The van der Waals surface area contributed by atoms with Crippen molar-refractivity contribution in [2.75, 3.05) is 20.2 Å². The summed E-state index contributed by atoms with van der Waals surface area (Å²) >= 11 is 1.43. The molecule has 1 amide bonds. The molecule has 0 aliphatic rings. The first-order valence-electron chi connectivity index (χ1n) is 8.03. The van der Waals surface area contributed by atoms with Gasteiger partial charge in [0.2, 0.25) is 0 Å². The Balaban J connectivity index is 2.28. The van der Waals surface area contributed by atoms with E-state index in [-0.39, 0.29) is 11.9 Å². The molecule has 0 saturated heterocycles. The lowest BCUT2D eigenvalue weighted by Gasteiger charge is -2.19. The number of ether oxygens (including phenoxy) is 1. The zero-order valence-electron chi connectivity index (χ0n) is 13.8. The predicted molar refractivity (Wildman–Crippen MR) is 90.6 cm³/mol. The van der Waals surface area contributed by atoms with Gasteiger partial charge in [0.25, 0.3) is 0 Å². The van der Waals surface area contributed by atoms with Crippen LogP contribution in [0.15, 0.2) is 17.5 Å². The molecule has 1 aromatic rings. The minimum atomic E-state index is -0.339. The van der Waals surface area contributed by atoms with Gasteiger partial charge in [0.1, 0.15) is 0 Å². The zero-order chi connectivity index (χ0) is 16.4. The summed E-state index contributed by atoms with van der Waals surface area (Å²) in [7, 11) is 1.68. The molecule has 1 atom stereocenters. The van der Waals surface area contributed by atoms with E-state index in [1.54, 1.807) is 7.05 Å². The molecule has 0 aliphatic heterocycles. The van der Waals surface area contributed by atoms with Gasteiger partial charge in [-0.05, 0) is 23.8 Å². The van der Waals surface area contributed by atoms with Crippen LogP contribution in [0.4, 0.5) is 4.79 Å². The summed E-state index contributed by atoms with van der Waals surface area (Å²) in [5, 5.41) is 1.88. The molecule has 0 fully saturated rings. The second kappa shape index (κ2) is 10.4. The van der Waals surface area contributed by atoms with Gasteiger partial charge < -0.3 is 9.64 Å². The van der Waals surface area contributed by atoms with Gasteiger partial charge in [-0.25, -0.2) is 4.79 Å². The first-order chi connectivity index (χ1) is 10.6. The molecular weight excluding hydrogens is 298 g/mol. The monoisotopic (exact) mass is 325 g/mol. The zero-order valence-corrected chi connectivity index (χ0v) is 14.7. The highest BCUT2D eigenvalue weighted by molar-refractivity contribution is 7.12. The van der Waals surface area contributed by atoms with Crippen molar-refractivity contribution in [3.63, 3.8) is 0 Å². The third kappa shape index (κ3) is 6.60. The molecule has 1 aromatic heterocycles. The standard InChI is InChI=1S/C17H27NO3S/c1-4-6-8-14(5-2)13-21-17(20)18(3)11-10-15(19)16-9-7-12-22-16/h7,9,12,14H,4-6,8,10-11,13H2,1-3H3. The van der Waals surface area contributed by atoms with Crippen LogP contribution in [-0.2, 0) is 4.74 Å². The third-order valence-corrected chi connectivity index (χ3v) is 4.68. The van der Waals surface area contributed by atoms with E-state index < -0.39 is 0 Å². The lowest BCUT2D eigenvalue weighted by molar-refractivity contribution is 0.0873. The third-order valence-electron chi connectivity index (χ3n) is 3.77. The highest BCUT2D eigenvalue weighted by Crippen LogP contribution is 2.14. The molecule has 0 aromatic carbocycles. The van der Waals surface area contributed by atoms with Crippen molar-refractivity contribution >= 4 is 23.2 Å². The smallest absolute Gasteiger partial charge is 0.409 e. The Bertz CT molecular complexity index is 445. The van der Waals surface area contributed by atoms with Crippen molar-refractivity contribution in [3.8, 4) is 0 Å². The van der Waals surface area contributed by atoms with E-state index in [4.69, 9.17) is 4.74 Å². The van der Waals surface area contributed by atoms with E-state index >= 15 is 0 Å². The molecule has 1 heterocycles. The van der Waals surface area contributed by atoms with Gasteiger partial charge in [0.05, 0.1) is 11.5 Å². The molecule has 5 heteroatoms. The van der Waals surface area contributed by atoms with Crippen LogP contribution in [0, 0.1) is 5.92 Å². The number of nitrogens with zero attached hydrogens (tertiary/aromatic N) is 1. The van der Waals surface area contributed by atoms with E-state index in [2.05, 4.69) is 13.8 Å². The molecule has 0 spiro atoms. The summed E-state index contributed by atoms with van der Waals surface area (Å²) in [5.74, 6) is 0.508. The fourth-order valence-corrected chi connectivity index (χ4v) is 2.81. The van der Waals surface area contributed by atoms with E-state index in [0.717, 1.165) is 24.1 Å². The molecule has 0 aliphatic carbocycles. The van der Waals surface area contributed by atoms with Crippen LogP contribution in [0.3, 0.4) is 0 Å². The topological polar surface area (TPSA) is 46.6 Å². The molecule has 22 heavy (non-hydrogen) atoms. The number of carbonyl (C=O) groups is 2. The SMILES string of the molecule is CCCCC(CC)COC(=O)N(C)CCC(=O)c1cccs1. The normalized spacial score (nSPS) is 12.0. The first kappa shape index (κ1) is 18.7. The quantitative estimate of drug-likeness (QED) is 0.590. The van der Waals surface area contributed by atoms with Gasteiger partial charge in [-0.1, -0.05) is 39.2 Å². The molecule has 0 bridgehead atoms. The first-order valence-corrected chi connectivity index (χ1v) is 8.91. The highest BCUT2D eigenvalue weighted by Gasteiger charge is 2.15. The average Bonchev–Trinajstić information content (AvgIpc) is 3.06. The van der Waals surface area contributed by atoms with Crippen LogP contribution in [0.25, 0.3) is 0 Å². The summed E-state index contributed by atoms with van der Waals surface area (Å²) in [4.78, 5) is 26.1. The summed E-state index contributed by atoms with van der Waals surface area (Å²) in [6.45, 7) is 5.15. The Labute approximate surface area is 137 Å². The van der Waals surface area contributed by atoms with E-state index in [0.29, 0.717) is 25.5 Å². The second-order valence-corrected chi connectivity index (χ2v) is 6.51. The van der Waals surface area contributed by atoms with Crippen molar-refractivity contribution in [3.05, 3.63) is 22.4 Å². The molecule has 1 rings (SSSR count). The summed E-state index contributed by atoms with van der Waals surface area (Å²) in [6.07, 6.45) is 4.44. The minimum Gasteiger partial charge on any atom is -0.449 e. The van der Waals surface area contributed by atoms with E-state index in [9.17, 15) is 9.59 Å². The Kier molecular flexibility index (Phi) is 8.82. The number of thiophene rings is 1. The lowest BCUT2D eigenvalue weighted by atomic mass is 10.0. The van der Waals surface area contributed by atoms with E-state index in [1.165, 1.54) is 22.7 Å². The lowest BCUT2D eigenvalue weighted by Crippen LogP contribution is -2.31. The number of hydrogen-bond acceptors (Lipinski definition) is 4. The van der Waals surface area contributed by atoms with Crippen molar-refractivity contribution < 1.29 is 14.3 Å². The molecule has 124 valence electrons. The highest BCUT2D eigenvalue weighted by atomic mass is 32.1. The van der Waals surface area contributed by atoms with Crippen LogP contribution < -0.4 is 0 Å². The molecular formula is C17H27NO3S. The Hall–Kier alpha value is -1.36. The number of ketones is 1. The van der Waals surface area contributed by atoms with Crippen molar-refractivity contribution in [1.29, 1.82) is 0 Å². The second-order valence-electron chi connectivity index (χ2n) is 5.57. The van der Waals surface area contributed by atoms with Crippen molar-refractivity contribution in [2.24, 2.45) is 5.92 Å². The van der Waals surface area contributed by atoms with Gasteiger partial charge in [-0.3, -0.25) is 4.79 Å².